The molecule has 1 aromatic carbocycles. The van der Waals surface area contributed by atoms with Crippen LogP contribution in [0.3, 0.4) is 0 Å². The standard InChI is InChI=1S/C14H14ClFN2O/c15-9-6-3-7-10(16)11(9)12-13(18-19-14(12)17)8-4-1-2-5-8/h3,6-8H,1-2,4-5,17H2. The van der Waals surface area contributed by atoms with Gasteiger partial charge in [-0.25, -0.2) is 4.39 Å². The summed E-state index contributed by atoms with van der Waals surface area (Å²) in [6.07, 6.45) is 4.37. The Labute approximate surface area is 115 Å². The van der Waals surface area contributed by atoms with Gasteiger partial charge in [0.1, 0.15) is 5.82 Å². The van der Waals surface area contributed by atoms with Crippen LogP contribution in [0.15, 0.2) is 22.7 Å². The van der Waals surface area contributed by atoms with E-state index < -0.39 is 5.82 Å². The summed E-state index contributed by atoms with van der Waals surface area (Å²) >= 11 is 6.11. The maximum atomic E-state index is 14.1. The molecule has 0 unspecified atom stereocenters. The zero-order chi connectivity index (χ0) is 13.4. The molecule has 0 spiro atoms. The Morgan fingerprint density at radius 3 is 2.68 bits per heavy atom. The lowest BCUT2D eigenvalue weighted by atomic mass is 9.95. The molecule has 1 heterocycles. The van der Waals surface area contributed by atoms with E-state index in [-0.39, 0.29) is 11.8 Å². The van der Waals surface area contributed by atoms with Crippen molar-refractivity contribution in [3.8, 4) is 11.1 Å². The van der Waals surface area contributed by atoms with Crippen molar-refractivity contribution in [3.05, 3.63) is 34.7 Å². The van der Waals surface area contributed by atoms with Crippen molar-refractivity contribution in [1.82, 2.24) is 5.16 Å². The van der Waals surface area contributed by atoms with Gasteiger partial charge in [-0.15, -0.1) is 0 Å². The number of aromatic nitrogens is 1. The highest BCUT2D eigenvalue weighted by molar-refractivity contribution is 6.33. The number of hydrogen-bond acceptors (Lipinski definition) is 3. The van der Waals surface area contributed by atoms with Crippen LogP contribution >= 0.6 is 11.6 Å². The summed E-state index contributed by atoms with van der Waals surface area (Å²) in [5, 5.41) is 4.36. The molecular weight excluding hydrogens is 267 g/mol. The predicted molar refractivity (Wildman–Crippen MR) is 72.5 cm³/mol. The highest BCUT2D eigenvalue weighted by Gasteiger charge is 2.28. The highest BCUT2D eigenvalue weighted by atomic mass is 35.5. The Balaban J connectivity index is 2.16. The van der Waals surface area contributed by atoms with Crippen molar-refractivity contribution in [1.29, 1.82) is 0 Å². The van der Waals surface area contributed by atoms with Gasteiger partial charge in [-0.05, 0) is 25.0 Å². The number of benzene rings is 1. The molecule has 0 atom stereocenters. The van der Waals surface area contributed by atoms with Gasteiger partial charge in [-0.3, -0.25) is 0 Å². The Morgan fingerprint density at radius 1 is 1.26 bits per heavy atom. The van der Waals surface area contributed by atoms with E-state index in [0.29, 0.717) is 16.1 Å². The lowest BCUT2D eigenvalue weighted by Crippen LogP contribution is -1.98. The van der Waals surface area contributed by atoms with Crippen molar-refractivity contribution < 1.29 is 8.91 Å². The van der Waals surface area contributed by atoms with Crippen LogP contribution in [0, 0.1) is 5.82 Å². The summed E-state index contributed by atoms with van der Waals surface area (Å²) in [4.78, 5) is 0. The minimum atomic E-state index is -0.401. The molecule has 3 nitrogen and oxygen atoms in total. The van der Waals surface area contributed by atoms with Crippen LogP contribution in [-0.4, -0.2) is 5.16 Å². The van der Waals surface area contributed by atoms with Crippen LogP contribution in [0.2, 0.25) is 5.02 Å². The molecule has 19 heavy (non-hydrogen) atoms. The average molecular weight is 281 g/mol. The van der Waals surface area contributed by atoms with Crippen molar-refractivity contribution >= 4 is 17.5 Å². The number of nitrogens with zero attached hydrogens (tertiary/aromatic N) is 1. The molecule has 2 N–H and O–H groups in total. The molecule has 100 valence electrons. The lowest BCUT2D eigenvalue weighted by Gasteiger charge is -2.10. The molecule has 0 bridgehead atoms. The summed E-state index contributed by atoms with van der Waals surface area (Å²) in [6, 6.07) is 4.58. The molecule has 1 aliphatic rings. The molecule has 3 rings (SSSR count). The van der Waals surface area contributed by atoms with E-state index in [1.807, 2.05) is 0 Å². The lowest BCUT2D eigenvalue weighted by molar-refractivity contribution is 0.420. The molecule has 0 amide bonds. The minimum absolute atomic E-state index is 0.133. The number of nitrogens with two attached hydrogens (primary N) is 1. The van der Waals surface area contributed by atoms with Crippen LogP contribution in [0.4, 0.5) is 10.3 Å². The Morgan fingerprint density at radius 2 is 2.00 bits per heavy atom. The van der Waals surface area contributed by atoms with Crippen molar-refractivity contribution in [2.45, 2.75) is 31.6 Å². The normalized spacial score (nSPS) is 16.1. The van der Waals surface area contributed by atoms with Gasteiger partial charge in [-0.2, -0.15) is 0 Å². The fourth-order valence-corrected chi connectivity index (χ4v) is 3.04. The first kappa shape index (κ1) is 12.5. The van der Waals surface area contributed by atoms with Crippen molar-refractivity contribution in [3.63, 3.8) is 0 Å². The summed E-state index contributed by atoms with van der Waals surface area (Å²) < 4.78 is 19.1. The maximum absolute atomic E-state index is 14.1. The number of nitrogen functional groups attached to an aromatic ring is 1. The number of halogens is 2. The highest BCUT2D eigenvalue weighted by Crippen LogP contribution is 2.43. The number of anilines is 1. The summed E-state index contributed by atoms with van der Waals surface area (Å²) in [6.45, 7) is 0. The van der Waals surface area contributed by atoms with E-state index in [4.69, 9.17) is 21.9 Å². The Hall–Kier alpha value is -1.55. The van der Waals surface area contributed by atoms with Crippen LogP contribution in [0.1, 0.15) is 37.3 Å². The van der Waals surface area contributed by atoms with E-state index in [0.717, 1.165) is 31.4 Å². The summed E-state index contributed by atoms with van der Waals surface area (Å²) in [7, 11) is 0. The van der Waals surface area contributed by atoms with Crippen LogP contribution in [0.5, 0.6) is 0 Å². The molecule has 0 aliphatic heterocycles. The third kappa shape index (κ3) is 2.10. The second-order valence-electron chi connectivity index (χ2n) is 4.89. The van der Waals surface area contributed by atoms with E-state index in [2.05, 4.69) is 5.16 Å². The zero-order valence-electron chi connectivity index (χ0n) is 10.3. The van der Waals surface area contributed by atoms with Crippen molar-refractivity contribution in [2.24, 2.45) is 0 Å². The largest absolute Gasteiger partial charge is 0.367 e. The van der Waals surface area contributed by atoms with Gasteiger partial charge >= 0.3 is 0 Å². The van der Waals surface area contributed by atoms with E-state index in [1.54, 1.807) is 12.1 Å². The van der Waals surface area contributed by atoms with Crippen molar-refractivity contribution in [2.75, 3.05) is 5.73 Å². The maximum Gasteiger partial charge on any atom is 0.230 e. The molecule has 0 saturated heterocycles. The van der Waals surface area contributed by atoms with Crippen LogP contribution < -0.4 is 5.73 Å². The van der Waals surface area contributed by atoms with Gasteiger partial charge < -0.3 is 10.3 Å². The van der Waals surface area contributed by atoms with Crippen LogP contribution in [0.25, 0.3) is 11.1 Å². The van der Waals surface area contributed by atoms with E-state index >= 15 is 0 Å². The van der Waals surface area contributed by atoms with E-state index in [9.17, 15) is 4.39 Å². The van der Waals surface area contributed by atoms with Gasteiger partial charge in [0.15, 0.2) is 0 Å². The molecule has 1 aliphatic carbocycles. The first-order valence-corrected chi connectivity index (χ1v) is 6.75. The average Bonchev–Trinajstić information content (AvgIpc) is 2.99. The SMILES string of the molecule is Nc1onc(C2CCCC2)c1-c1c(F)cccc1Cl. The quantitative estimate of drug-likeness (QED) is 0.888. The predicted octanol–water partition coefficient (Wildman–Crippen LogP) is 4.37. The first-order chi connectivity index (χ1) is 9.18. The monoisotopic (exact) mass is 280 g/mol. The number of hydrogen-bond donors (Lipinski definition) is 1. The fraction of sp³-hybridized carbons (Fsp3) is 0.357. The second-order valence-corrected chi connectivity index (χ2v) is 5.29. The molecule has 0 radical (unpaired) electrons. The molecule has 1 saturated carbocycles. The van der Waals surface area contributed by atoms with Gasteiger partial charge in [0.2, 0.25) is 5.88 Å². The number of rotatable bonds is 2. The molecule has 1 aromatic heterocycles. The summed E-state index contributed by atoms with van der Waals surface area (Å²) in [5.41, 5.74) is 7.38. The van der Waals surface area contributed by atoms with Gasteiger partial charge in [0.05, 0.1) is 16.3 Å². The topological polar surface area (TPSA) is 52.0 Å². The van der Waals surface area contributed by atoms with E-state index in [1.165, 1.54) is 6.07 Å². The smallest absolute Gasteiger partial charge is 0.230 e. The first-order valence-electron chi connectivity index (χ1n) is 6.38. The molecule has 2 aromatic rings. The van der Waals surface area contributed by atoms with Gasteiger partial charge in [0.25, 0.3) is 0 Å². The minimum Gasteiger partial charge on any atom is -0.367 e. The second kappa shape index (κ2) is 4.85. The molecular formula is C14H14ClFN2O. The van der Waals surface area contributed by atoms with Crippen LogP contribution in [-0.2, 0) is 0 Å². The molecule has 1 fully saturated rings. The Kier molecular flexibility index (Phi) is 3.19. The molecule has 5 heteroatoms. The third-order valence-corrected chi connectivity index (χ3v) is 4.01. The van der Waals surface area contributed by atoms with Gasteiger partial charge in [0, 0.05) is 11.5 Å². The van der Waals surface area contributed by atoms with Gasteiger partial charge in [-0.1, -0.05) is 35.7 Å². The Bertz CT molecular complexity index is 585. The fourth-order valence-electron chi connectivity index (χ4n) is 2.78. The summed E-state index contributed by atoms with van der Waals surface area (Å²) in [5.74, 6) is 0.0160. The zero-order valence-corrected chi connectivity index (χ0v) is 11.1. The third-order valence-electron chi connectivity index (χ3n) is 3.70.